The molecule has 2 N–H and O–H groups in total. The monoisotopic (exact) mass is 173 g/mol. The second kappa shape index (κ2) is 16.0. The molecule has 0 aliphatic carbocycles. The van der Waals surface area contributed by atoms with E-state index in [2.05, 4.69) is 0 Å². The van der Waals surface area contributed by atoms with Crippen LogP contribution < -0.4 is 0 Å². The van der Waals surface area contributed by atoms with Gasteiger partial charge in [0.15, 0.2) is 0 Å². The summed E-state index contributed by atoms with van der Waals surface area (Å²) in [6.07, 6.45) is -1.83. The minimum Gasteiger partial charge on any atom is 0 e. The van der Waals surface area contributed by atoms with Crippen molar-refractivity contribution in [1.82, 2.24) is 0 Å². The van der Waals surface area contributed by atoms with Crippen LogP contribution in [0.3, 0.4) is 0 Å². The van der Waals surface area contributed by atoms with Crippen molar-refractivity contribution >= 4 is 119 Å². The van der Waals surface area contributed by atoms with Gasteiger partial charge in [-0.2, -0.15) is 0 Å². The molecule has 0 heterocycles. The van der Waals surface area contributed by atoms with Crippen molar-refractivity contribution in [2.24, 2.45) is 0 Å². The minimum atomic E-state index is -1.83. The van der Waals surface area contributed by atoms with Gasteiger partial charge in [-0.15, -0.1) is 0 Å². The maximum atomic E-state index is 8.56. The molecule has 0 bridgehead atoms. The quantitative estimate of drug-likeness (QED) is 0.393. The van der Waals surface area contributed by atoms with Crippen molar-refractivity contribution in [2.45, 2.75) is 0 Å². The molecule has 0 aromatic carbocycles. The maximum Gasteiger partial charge on any atom is 0 e. The van der Waals surface area contributed by atoms with Crippen LogP contribution in [-0.4, -0.2) is 119 Å². The first-order valence-corrected chi connectivity index (χ1v) is 0.651. The average Bonchev–Trinajstić information content (AvgIpc) is 0.811. The van der Waals surface area contributed by atoms with E-state index < -0.39 is 6.16 Å². The summed E-state index contributed by atoms with van der Waals surface area (Å²) in [5.41, 5.74) is 0. The van der Waals surface area contributed by atoms with Crippen LogP contribution in [0, 0.1) is 0 Å². The normalized spacial score (nSPS) is 3.43. The van der Waals surface area contributed by atoms with E-state index >= 15 is 0 Å². The van der Waals surface area contributed by atoms with Crippen molar-refractivity contribution in [3.8, 4) is 0 Å². The summed E-state index contributed by atoms with van der Waals surface area (Å²) in [5.74, 6) is 0. The molecule has 6 heteroatoms. The van der Waals surface area contributed by atoms with E-state index in [0.717, 1.165) is 0 Å². The molecule has 33 valence electrons. The van der Waals surface area contributed by atoms with Gasteiger partial charge in [0.25, 0.3) is 0 Å². The van der Waals surface area contributed by atoms with Crippen molar-refractivity contribution < 1.29 is 15.0 Å². The molecule has 3 radical (unpaired) electrons. The van der Waals surface area contributed by atoms with Crippen LogP contribution in [-0.2, 0) is 0 Å². The first-order chi connectivity index (χ1) is 1.73. The molecule has 0 unspecified atom stereocenters. The Hall–Kier alpha value is 2.97. The summed E-state index contributed by atoms with van der Waals surface area (Å²) in [6.45, 7) is 0. The van der Waals surface area contributed by atoms with Crippen LogP contribution in [0.2, 0.25) is 0 Å². The van der Waals surface area contributed by atoms with Gasteiger partial charge < -0.3 is 10.2 Å². The number of hydrogen-bond donors (Lipinski definition) is 2. The predicted molar refractivity (Wildman–Crippen MR) is 31.9 cm³/mol. The maximum absolute atomic E-state index is 8.56. The third-order valence-electron chi connectivity index (χ3n) is 0. The molecule has 0 spiro atoms. The molecule has 0 aliphatic rings. The van der Waals surface area contributed by atoms with E-state index in [9.17, 15) is 0 Å². The number of hydrogen-bond acceptors (Lipinski definition) is 1. The van der Waals surface area contributed by atoms with Crippen LogP contribution in [0.1, 0.15) is 0 Å². The summed E-state index contributed by atoms with van der Waals surface area (Å²) >= 11 is 0. The predicted octanol–water partition coefficient (Wildman–Crippen LogP) is -0.213. The Kier molecular flexibility index (Phi) is 51.4. The second-order valence-corrected chi connectivity index (χ2v) is 0.283. The van der Waals surface area contributed by atoms with Crippen molar-refractivity contribution in [1.29, 1.82) is 0 Å². The summed E-state index contributed by atoms with van der Waals surface area (Å²) in [5, 5.41) is 13.9. The van der Waals surface area contributed by atoms with Crippen molar-refractivity contribution in [3.05, 3.63) is 0 Å². The molecule has 0 saturated carbocycles. The largest absolute Gasteiger partial charge is 0 e. The van der Waals surface area contributed by atoms with Crippen LogP contribution in [0.25, 0.3) is 0 Å². The Balaban J connectivity index is -0.0000000150. The molecule has 3 nitrogen and oxygen atoms in total. The van der Waals surface area contributed by atoms with E-state index in [0.29, 0.717) is 0 Å². The molecular weight excluding hydrogens is 169 g/mol. The van der Waals surface area contributed by atoms with Gasteiger partial charge >= 0.3 is 109 Å². The van der Waals surface area contributed by atoms with Crippen molar-refractivity contribution in [3.63, 3.8) is 0 Å². The van der Waals surface area contributed by atoms with Crippen molar-refractivity contribution in [2.75, 3.05) is 0 Å². The molecule has 0 atom stereocenters. The van der Waals surface area contributed by atoms with E-state index in [1.165, 1.54) is 0 Å². The molecule has 0 saturated heterocycles. The van der Waals surface area contributed by atoms with Crippen LogP contribution in [0.5, 0.6) is 0 Å². The third kappa shape index (κ3) is 49.4. The first kappa shape index (κ1) is 22.5. The molecule has 0 aromatic rings. The molecule has 0 aromatic heterocycles. The molecule has 7 heavy (non-hydrogen) atoms. The zero-order valence-electron chi connectivity index (χ0n) is 2.25. The minimum absolute atomic E-state index is 0. The second-order valence-electron chi connectivity index (χ2n) is 0.283. The van der Waals surface area contributed by atoms with Gasteiger partial charge in [0.1, 0.15) is 0 Å². The van der Waals surface area contributed by atoms with Gasteiger partial charge in [0.2, 0.25) is 0 Å². The van der Waals surface area contributed by atoms with Crippen LogP contribution >= 0.6 is 9.90 Å². The van der Waals surface area contributed by atoms with Gasteiger partial charge in [-0.1, -0.05) is 0 Å². The standard InChI is InChI=1S/CH2O3.2K.P.2H/c2-1(3)4;;;;;/h(H2,2,3,4);;;;;. The summed E-state index contributed by atoms with van der Waals surface area (Å²) < 4.78 is 0. The van der Waals surface area contributed by atoms with Gasteiger partial charge in [-0.05, 0) is 0 Å². The summed E-state index contributed by atoms with van der Waals surface area (Å²) in [6, 6.07) is 0. The van der Waals surface area contributed by atoms with E-state index in [1.54, 1.807) is 0 Å². The Morgan fingerprint density at radius 2 is 1.14 bits per heavy atom. The van der Waals surface area contributed by atoms with Gasteiger partial charge in [0, 0.05) is 9.90 Å². The van der Waals surface area contributed by atoms with E-state index in [1.807, 2.05) is 0 Å². The zero-order valence-corrected chi connectivity index (χ0v) is 3.14. The third-order valence-corrected chi connectivity index (χ3v) is 0. The van der Waals surface area contributed by atoms with Gasteiger partial charge in [-0.3, -0.25) is 0 Å². The molecule has 0 aliphatic heterocycles. The molecular formula is CH4K2O3P. The Labute approximate surface area is 130 Å². The number of rotatable bonds is 0. The Morgan fingerprint density at radius 1 is 1.14 bits per heavy atom. The fraction of sp³-hybridized carbons (Fsp3) is 0. The summed E-state index contributed by atoms with van der Waals surface area (Å²) in [7, 11) is 0. The first-order valence-electron chi connectivity index (χ1n) is 0.651. The number of carbonyl (C=O) groups is 1. The SMILES string of the molecule is O=C(O)O.[KH].[KH].[P]. The van der Waals surface area contributed by atoms with E-state index in [-0.39, 0.29) is 113 Å². The Bertz CT molecular complexity index is 35.9. The van der Waals surface area contributed by atoms with E-state index in [4.69, 9.17) is 15.0 Å². The van der Waals surface area contributed by atoms with Crippen LogP contribution in [0.15, 0.2) is 0 Å². The molecule has 0 rings (SSSR count). The Morgan fingerprint density at radius 3 is 1.14 bits per heavy atom. The van der Waals surface area contributed by atoms with Gasteiger partial charge in [-0.25, -0.2) is 4.79 Å². The molecule has 0 amide bonds. The zero-order chi connectivity index (χ0) is 3.58. The number of carboxylic acid groups (broad SMARTS) is 2. The average molecular weight is 173 g/mol. The fourth-order valence-electron chi connectivity index (χ4n) is 0. The topological polar surface area (TPSA) is 57.5 Å². The molecule has 0 fully saturated rings. The van der Waals surface area contributed by atoms with Gasteiger partial charge in [0.05, 0.1) is 0 Å². The smallest absolute Gasteiger partial charge is 0 e. The van der Waals surface area contributed by atoms with Crippen LogP contribution in [0.4, 0.5) is 4.79 Å². The fourth-order valence-corrected chi connectivity index (χ4v) is 0. The summed E-state index contributed by atoms with van der Waals surface area (Å²) in [4.78, 5) is 8.56.